The summed E-state index contributed by atoms with van der Waals surface area (Å²) in [6.07, 6.45) is 3.30. The molecule has 0 radical (unpaired) electrons. The van der Waals surface area contributed by atoms with Crippen molar-refractivity contribution in [3.8, 4) is 0 Å². The Balaban J connectivity index is 1.51. The van der Waals surface area contributed by atoms with E-state index < -0.39 is 0 Å². The van der Waals surface area contributed by atoms with E-state index in [2.05, 4.69) is 51.7 Å². The molecule has 2 amide bonds. The first kappa shape index (κ1) is 16.1. The SMILES string of the molecule is Cc1cccc(N2CCC(NC(=O)Nc3ccc[nH]c3=O)CC2)c1. The predicted molar refractivity (Wildman–Crippen MR) is 95.6 cm³/mol. The fourth-order valence-corrected chi connectivity index (χ4v) is 2.97. The van der Waals surface area contributed by atoms with Crippen LogP contribution in [0, 0.1) is 6.92 Å². The number of urea groups is 1. The van der Waals surface area contributed by atoms with Gasteiger partial charge in [-0.1, -0.05) is 12.1 Å². The zero-order valence-electron chi connectivity index (χ0n) is 13.7. The number of amides is 2. The highest BCUT2D eigenvalue weighted by Crippen LogP contribution is 2.21. The lowest BCUT2D eigenvalue weighted by molar-refractivity contribution is 0.246. The minimum atomic E-state index is -0.333. The molecular weight excluding hydrogens is 304 g/mol. The fourth-order valence-electron chi connectivity index (χ4n) is 2.97. The van der Waals surface area contributed by atoms with Crippen LogP contribution in [-0.2, 0) is 0 Å². The van der Waals surface area contributed by atoms with Crippen molar-refractivity contribution in [3.63, 3.8) is 0 Å². The number of aromatic nitrogens is 1. The number of carbonyl (C=O) groups is 1. The summed E-state index contributed by atoms with van der Waals surface area (Å²) in [7, 11) is 0. The van der Waals surface area contributed by atoms with Gasteiger partial charge in [0.2, 0.25) is 0 Å². The van der Waals surface area contributed by atoms with E-state index in [1.807, 2.05) is 0 Å². The molecule has 1 aliphatic rings. The summed E-state index contributed by atoms with van der Waals surface area (Å²) < 4.78 is 0. The molecular formula is C18H22N4O2. The summed E-state index contributed by atoms with van der Waals surface area (Å²) in [6.45, 7) is 3.90. The third kappa shape index (κ3) is 3.95. The number of aromatic amines is 1. The van der Waals surface area contributed by atoms with Crippen LogP contribution in [0.15, 0.2) is 47.4 Å². The van der Waals surface area contributed by atoms with E-state index in [1.54, 1.807) is 12.1 Å². The Morgan fingerprint density at radius 1 is 1.21 bits per heavy atom. The highest BCUT2D eigenvalue weighted by atomic mass is 16.2. The molecule has 0 spiro atoms. The molecule has 0 aliphatic carbocycles. The molecule has 1 saturated heterocycles. The summed E-state index contributed by atoms with van der Waals surface area (Å²) in [5, 5.41) is 5.55. The number of H-pyrrole nitrogens is 1. The molecule has 1 aromatic heterocycles. The van der Waals surface area contributed by atoms with Crippen LogP contribution in [0.1, 0.15) is 18.4 Å². The molecule has 2 heterocycles. The number of hydrogen-bond donors (Lipinski definition) is 3. The lowest BCUT2D eigenvalue weighted by atomic mass is 10.0. The van der Waals surface area contributed by atoms with E-state index in [4.69, 9.17) is 0 Å². The van der Waals surface area contributed by atoms with Crippen molar-refractivity contribution in [2.45, 2.75) is 25.8 Å². The summed E-state index contributed by atoms with van der Waals surface area (Å²) in [5.41, 5.74) is 2.43. The summed E-state index contributed by atoms with van der Waals surface area (Å²) >= 11 is 0. The number of aryl methyl sites for hydroxylation is 1. The number of pyridine rings is 1. The van der Waals surface area contributed by atoms with Gasteiger partial charge < -0.3 is 20.5 Å². The quantitative estimate of drug-likeness (QED) is 0.811. The molecule has 0 saturated carbocycles. The maximum Gasteiger partial charge on any atom is 0.319 e. The van der Waals surface area contributed by atoms with Crippen LogP contribution in [0.3, 0.4) is 0 Å². The average molecular weight is 326 g/mol. The normalized spacial score (nSPS) is 15.1. The number of rotatable bonds is 3. The first-order valence-electron chi connectivity index (χ1n) is 8.18. The van der Waals surface area contributed by atoms with Gasteiger partial charge in [-0.2, -0.15) is 0 Å². The Bertz CT molecular complexity index is 763. The van der Waals surface area contributed by atoms with Gasteiger partial charge in [-0.3, -0.25) is 4.79 Å². The average Bonchev–Trinajstić information content (AvgIpc) is 2.58. The number of benzene rings is 1. The lowest BCUT2D eigenvalue weighted by Gasteiger charge is -2.34. The van der Waals surface area contributed by atoms with E-state index >= 15 is 0 Å². The molecule has 2 aromatic rings. The predicted octanol–water partition coefficient (Wildman–Crippen LogP) is 2.47. The van der Waals surface area contributed by atoms with Crippen LogP contribution in [-0.4, -0.2) is 30.1 Å². The first-order valence-corrected chi connectivity index (χ1v) is 8.18. The van der Waals surface area contributed by atoms with Gasteiger partial charge in [0, 0.05) is 31.0 Å². The highest BCUT2D eigenvalue weighted by Gasteiger charge is 2.21. The minimum absolute atomic E-state index is 0.119. The summed E-state index contributed by atoms with van der Waals surface area (Å²) in [6, 6.07) is 11.5. The van der Waals surface area contributed by atoms with E-state index in [1.165, 1.54) is 17.4 Å². The van der Waals surface area contributed by atoms with E-state index in [0.29, 0.717) is 0 Å². The molecule has 1 aromatic carbocycles. The van der Waals surface area contributed by atoms with Crippen LogP contribution in [0.4, 0.5) is 16.2 Å². The van der Waals surface area contributed by atoms with Crippen molar-refractivity contribution in [3.05, 3.63) is 58.5 Å². The van der Waals surface area contributed by atoms with Gasteiger partial charge >= 0.3 is 6.03 Å². The Kier molecular flexibility index (Phi) is 4.84. The van der Waals surface area contributed by atoms with Crippen LogP contribution >= 0.6 is 0 Å². The zero-order valence-corrected chi connectivity index (χ0v) is 13.7. The number of nitrogens with zero attached hydrogens (tertiary/aromatic N) is 1. The van der Waals surface area contributed by atoms with Gasteiger partial charge in [-0.25, -0.2) is 4.79 Å². The molecule has 1 aliphatic heterocycles. The second-order valence-corrected chi connectivity index (χ2v) is 6.11. The Hall–Kier alpha value is -2.76. The molecule has 6 heteroatoms. The fraction of sp³-hybridized carbons (Fsp3) is 0.333. The van der Waals surface area contributed by atoms with E-state index in [0.717, 1.165) is 25.9 Å². The van der Waals surface area contributed by atoms with Crippen LogP contribution in [0.2, 0.25) is 0 Å². The van der Waals surface area contributed by atoms with Gasteiger partial charge in [0.15, 0.2) is 0 Å². The molecule has 0 atom stereocenters. The van der Waals surface area contributed by atoms with Gasteiger partial charge in [-0.15, -0.1) is 0 Å². The van der Waals surface area contributed by atoms with Crippen LogP contribution < -0.4 is 21.1 Å². The molecule has 6 nitrogen and oxygen atoms in total. The van der Waals surface area contributed by atoms with Crippen molar-refractivity contribution in [2.24, 2.45) is 0 Å². The van der Waals surface area contributed by atoms with Crippen molar-refractivity contribution in [1.82, 2.24) is 10.3 Å². The third-order valence-electron chi connectivity index (χ3n) is 4.26. The Morgan fingerprint density at radius 3 is 2.71 bits per heavy atom. The van der Waals surface area contributed by atoms with Gasteiger partial charge in [0.25, 0.3) is 5.56 Å². The smallest absolute Gasteiger partial charge is 0.319 e. The van der Waals surface area contributed by atoms with Gasteiger partial charge in [-0.05, 0) is 49.6 Å². The monoisotopic (exact) mass is 326 g/mol. The van der Waals surface area contributed by atoms with Crippen molar-refractivity contribution in [1.29, 1.82) is 0 Å². The molecule has 1 fully saturated rings. The molecule has 3 N–H and O–H groups in total. The number of anilines is 2. The van der Waals surface area contributed by atoms with Crippen molar-refractivity contribution in [2.75, 3.05) is 23.3 Å². The minimum Gasteiger partial charge on any atom is -0.371 e. The second-order valence-electron chi connectivity index (χ2n) is 6.11. The third-order valence-corrected chi connectivity index (χ3v) is 4.26. The molecule has 24 heavy (non-hydrogen) atoms. The highest BCUT2D eigenvalue weighted by molar-refractivity contribution is 5.89. The standard InChI is InChI=1S/C18H22N4O2/c1-13-4-2-5-15(12-13)22-10-7-14(8-11-22)20-18(24)21-16-6-3-9-19-17(16)23/h2-6,9,12,14H,7-8,10-11H2,1H3,(H,19,23)(H2,20,21,24). The topological polar surface area (TPSA) is 77.2 Å². The van der Waals surface area contributed by atoms with Crippen LogP contribution in [0.5, 0.6) is 0 Å². The Labute approximate surface area is 140 Å². The number of piperidine rings is 1. The molecule has 0 bridgehead atoms. The first-order chi connectivity index (χ1) is 11.6. The van der Waals surface area contributed by atoms with Gasteiger partial charge in [0.05, 0.1) is 0 Å². The largest absolute Gasteiger partial charge is 0.371 e. The van der Waals surface area contributed by atoms with E-state index in [-0.39, 0.29) is 23.3 Å². The number of hydrogen-bond acceptors (Lipinski definition) is 3. The molecule has 3 rings (SSSR count). The summed E-state index contributed by atoms with van der Waals surface area (Å²) in [4.78, 5) is 28.5. The maximum absolute atomic E-state index is 12.0. The number of carbonyl (C=O) groups excluding carboxylic acids is 1. The maximum atomic E-state index is 12.0. The zero-order chi connectivity index (χ0) is 16.9. The second kappa shape index (κ2) is 7.21. The molecule has 0 unspecified atom stereocenters. The van der Waals surface area contributed by atoms with Crippen molar-refractivity contribution >= 4 is 17.4 Å². The van der Waals surface area contributed by atoms with Gasteiger partial charge in [0.1, 0.15) is 5.69 Å². The summed E-state index contributed by atoms with van der Waals surface area (Å²) in [5.74, 6) is 0. The van der Waals surface area contributed by atoms with Crippen LogP contribution in [0.25, 0.3) is 0 Å². The number of nitrogens with one attached hydrogen (secondary N) is 3. The van der Waals surface area contributed by atoms with E-state index in [9.17, 15) is 9.59 Å². The van der Waals surface area contributed by atoms with Crippen molar-refractivity contribution < 1.29 is 4.79 Å². The molecule has 126 valence electrons. The Morgan fingerprint density at radius 2 is 2.00 bits per heavy atom. The lowest BCUT2D eigenvalue weighted by Crippen LogP contribution is -2.46.